The zero-order chi connectivity index (χ0) is 27.7. The van der Waals surface area contributed by atoms with Crippen molar-refractivity contribution in [3.8, 4) is 5.75 Å². The van der Waals surface area contributed by atoms with Gasteiger partial charge in [0.25, 0.3) is 5.91 Å². The van der Waals surface area contributed by atoms with Gasteiger partial charge in [-0.3, -0.25) is 24.5 Å². The molecule has 2 fully saturated rings. The van der Waals surface area contributed by atoms with E-state index in [0.29, 0.717) is 50.3 Å². The van der Waals surface area contributed by atoms with Crippen molar-refractivity contribution in [3.05, 3.63) is 46.8 Å². The summed E-state index contributed by atoms with van der Waals surface area (Å²) >= 11 is 0. The molecule has 39 heavy (non-hydrogen) atoms. The van der Waals surface area contributed by atoms with Gasteiger partial charge in [-0.15, -0.1) is 0 Å². The van der Waals surface area contributed by atoms with Gasteiger partial charge < -0.3 is 19.1 Å². The van der Waals surface area contributed by atoms with E-state index in [9.17, 15) is 19.2 Å². The number of piperidine rings is 2. The molecule has 4 amide bonds. The van der Waals surface area contributed by atoms with Crippen molar-refractivity contribution < 1.29 is 28.4 Å². The first kappa shape index (κ1) is 26.9. The van der Waals surface area contributed by atoms with Gasteiger partial charge >= 0.3 is 0 Å². The molecular weight excluding hydrogens is 500 g/mol. The van der Waals surface area contributed by atoms with Gasteiger partial charge in [-0.2, -0.15) is 0 Å². The third-order valence-electron chi connectivity index (χ3n) is 7.80. The van der Waals surface area contributed by atoms with Crippen molar-refractivity contribution in [1.29, 1.82) is 0 Å². The Labute approximate surface area is 228 Å². The molecule has 1 aromatic heterocycles. The summed E-state index contributed by atoms with van der Waals surface area (Å²) in [7, 11) is 0. The molecule has 4 heterocycles. The fraction of sp³-hybridized carbons (Fsp3) is 0.552. The van der Waals surface area contributed by atoms with Crippen LogP contribution >= 0.6 is 0 Å². The number of imide groups is 1. The van der Waals surface area contributed by atoms with Gasteiger partial charge in [0, 0.05) is 49.4 Å². The number of rotatable bonds is 7. The number of aromatic nitrogens is 1. The number of ether oxygens (including phenoxy) is 1. The minimum atomic E-state index is -0.647. The molecule has 3 aliphatic rings. The van der Waals surface area contributed by atoms with E-state index in [1.54, 1.807) is 12.1 Å². The number of fused-ring (bicyclic) bond motifs is 1. The minimum Gasteiger partial charge on any atom is -0.491 e. The number of nitrogens with zero attached hydrogens (tertiary/aromatic N) is 3. The molecule has 1 unspecified atom stereocenters. The van der Waals surface area contributed by atoms with Crippen LogP contribution in [0.15, 0.2) is 28.8 Å². The standard InChI is InChI=1S/C29H36N4O6/c1-29(2,3)24-15-21(39-31-24)8-12-26(35)32-13-5-4-6-19(32)17-38-20-7-9-22-18(14-20)16-33(28(22)37)23-10-11-25(34)30-27(23)36/h7,9,14-15,19,23H,4-6,8,10-13,16-17H2,1-3H3,(H,30,34,36)/t19-,23?/m0/s1. The second-order valence-corrected chi connectivity index (χ2v) is 11.7. The molecule has 2 aromatic rings. The molecule has 0 saturated carbocycles. The van der Waals surface area contributed by atoms with Crippen LogP contribution in [-0.4, -0.2) is 63.8 Å². The second kappa shape index (κ2) is 10.8. The third kappa shape index (κ3) is 5.84. The fourth-order valence-corrected chi connectivity index (χ4v) is 5.49. The Morgan fingerprint density at radius 2 is 1.97 bits per heavy atom. The maximum absolute atomic E-state index is 13.1. The van der Waals surface area contributed by atoms with Crippen LogP contribution in [0.3, 0.4) is 0 Å². The summed E-state index contributed by atoms with van der Waals surface area (Å²) in [5, 5.41) is 6.47. The van der Waals surface area contributed by atoms with Crippen molar-refractivity contribution in [1.82, 2.24) is 20.3 Å². The zero-order valence-electron chi connectivity index (χ0n) is 22.8. The predicted molar refractivity (Wildman–Crippen MR) is 141 cm³/mol. The van der Waals surface area contributed by atoms with Gasteiger partial charge in [-0.25, -0.2) is 0 Å². The molecule has 2 atom stereocenters. The summed E-state index contributed by atoms with van der Waals surface area (Å²) in [6.45, 7) is 7.59. The highest BCUT2D eigenvalue weighted by atomic mass is 16.5. The first-order chi connectivity index (χ1) is 18.6. The number of amides is 4. The summed E-state index contributed by atoms with van der Waals surface area (Å²) in [4.78, 5) is 53.3. The van der Waals surface area contributed by atoms with E-state index in [1.807, 2.05) is 17.0 Å². The number of hydrogen-bond acceptors (Lipinski definition) is 7. The molecule has 1 N–H and O–H groups in total. The molecular formula is C29H36N4O6. The number of carbonyl (C=O) groups is 4. The number of likely N-dealkylation sites (tertiary alicyclic amines) is 1. The second-order valence-electron chi connectivity index (χ2n) is 11.7. The number of benzene rings is 1. The molecule has 10 heteroatoms. The van der Waals surface area contributed by atoms with E-state index in [2.05, 4.69) is 31.2 Å². The van der Waals surface area contributed by atoms with Gasteiger partial charge in [-0.1, -0.05) is 25.9 Å². The van der Waals surface area contributed by atoms with Crippen molar-refractivity contribution in [3.63, 3.8) is 0 Å². The number of aryl methyl sites for hydroxylation is 1. The average molecular weight is 537 g/mol. The average Bonchev–Trinajstić information content (AvgIpc) is 3.51. The molecule has 2 saturated heterocycles. The van der Waals surface area contributed by atoms with Crippen LogP contribution in [0.25, 0.3) is 0 Å². The summed E-state index contributed by atoms with van der Waals surface area (Å²) in [6.07, 6.45) is 4.28. The smallest absolute Gasteiger partial charge is 0.255 e. The third-order valence-corrected chi connectivity index (χ3v) is 7.80. The maximum atomic E-state index is 13.1. The Morgan fingerprint density at radius 1 is 1.15 bits per heavy atom. The zero-order valence-corrected chi connectivity index (χ0v) is 22.8. The van der Waals surface area contributed by atoms with Crippen molar-refractivity contribution in [2.45, 2.75) is 89.8 Å². The Bertz CT molecular complexity index is 1280. The molecule has 0 radical (unpaired) electrons. The van der Waals surface area contributed by atoms with E-state index in [4.69, 9.17) is 9.26 Å². The van der Waals surface area contributed by atoms with E-state index >= 15 is 0 Å². The Kier molecular flexibility index (Phi) is 7.46. The Hall–Kier alpha value is -3.69. The van der Waals surface area contributed by atoms with Gasteiger partial charge in [0.15, 0.2) is 0 Å². The van der Waals surface area contributed by atoms with E-state index in [1.165, 1.54) is 4.90 Å². The van der Waals surface area contributed by atoms with E-state index in [0.717, 1.165) is 36.3 Å². The van der Waals surface area contributed by atoms with Gasteiger partial charge in [0.2, 0.25) is 17.7 Å². The monoisotopic (exact) mass is 536 g/mol. The van der Waals surface area contributed by atoms with Crippen LogP contribution in [0.1, 0.15) is 86.7 Å². The highest BCUT2D eigenvalue weighted by molar-refractivity contribution is 6.05. The van der Waals surface area contributed by atoms with Gasteiger partial charge in [-0.05, 0) is 49.4 Å². The fourth-order valence-electron chi connectivity index (χ4n) is 5.49. The lowest BCUT2D eigenvalue weighted by Crippen LogP contribution is -2.52. The van der Waals surface area contributed by atoms with Crippen LogP contribution in [0, 0.1) is 0 Å². The molecule has 208 valence electrons. The highest BCUT2D eigenvalue weighted by Gasteiger charge is 2.39. The molecule has 0 bridgehead atoms. The molecule has 0 aliphatic carbocycles. The maximum Gasteiger partial charge on any atom is 0.255 e. The van der Waals surface area contributed by atoms with Crippen molar-refractivity contribution in [2.24, 2.45) is 0 Å². The first-order valence-electron chi connectivity index (χ1n) is 13.8. The van der Waals surface area contributed by atoms with Crippen molar-refractivity contribution >= 4 is 23.6 Å². The Balaban J connectivity index is 1.17. The summed E-state index contributed by atoms with van der Waals surface area (Å²) < 4.78 is 11.6. The Morgan fingerprint density at radius 3 is 2.72 bits per heavy atom. The van der Waals surface area contributed by atoms with Crippen LogP contribution < -0.4 is 10.1 Å². The summed E-state index contributed by atoms with van der Waals surface area (Å²) in [5.74, 6) is 0.480. The van der Waals surface area contributed by atoms with E-state index < -0.39 is 11.9 Å². The number of nitrogens with one attached hydrogen (secondary N) is 1. The normalized spacial score (nSPS) is 21.7. The lowest BCUT2D eigenvalue weighted by atomic mass is 9.92. The van der Waals surface area contributed by atoms with Gasteiger partial charge in [0.1, 0.15) is 24.2 Å². The lowest BCUT2D eigenvalue weighted by molar-refractivity contribution is -0.137. The lowest BCUT2D eigenvalue weighted by Gasteiger charge is -2.35. The predicted octanol–water partition coefficient (Wildman–Crippen LogP) is 3.13. The molecule has 1 aromatic carbocycles. The molecule has 3 aliphatic heterocycles. The van der Waals surface area contributed by atoms with E-state index in [-0.39, 0.29) is 35.6 Å². The quantitative estimate of drug-likeness (QED) is 0.540. The minimum absolute atomic E-state index is 0.0269. The largest absolute Gasteiger partial charge is 0.491 e. The number of hydrogen-bond donors (Lipinski definition) is 1. The summed E-state index contributed by atoms with van der Waals surface area (Å²) in [6, 6.07) is 6.59. The van der Waals surface area contributed by atoms with Crippen LogP contribution in [0.4, 0.5) is 0 Å². The number of carbonyl (C=O) groups excluding carboxylic acids is 4. The molecule has 5 rings (SSSR count). The topological polar surface area (TPSA) is 122 Å². The molecule has 10 nitrogen and oxygen atoms in total. The first-order valence-corrected chi connectivity index (χ1v) is 13.8. The van der Waals surface area contributed by atoms with Crippen molar-refractivity contribution in [2.75, 3.05) is 13.2 Å². The van der Waals surface area contributed by atoms with Crippen LogP contribution in [0.5, 0.6) is 5.75 Å². The van der Waals surface area contributed by atoms with Crippen LogP contribution in [-0.2, 0) is 32.8 Å². The SMILES string of the molecule is CC(C)(C)c1cc(CCC(=O)N2CCCC[C@H]2COc2ccc3c(c2)CN(C2CCC(=O)NC2=O)C3=O)on1. The molecule has 0 spiro atoms. The van der Waals surface area contributed by atoms with Crippen LogP contribution in [0.2, 0.25) is 0 Å². The highest BCUT2D eigenvalue weighted by Crippen LogP contribution is 2.31. The summed E-state index contributed by atoms with van der Waals surface area (Å²) in [5.41, 5.74) is 2.12. The van der Waals surface area contributed by atoms with Gasteiger partial charge in [0.05, 0.1) is 11.7 Å².